The zero-order valence-electron chi connectivity index (χ0n) is 13.6. The van der Waals surface area contributed by atoms with Crippen LogP contribution >= 0.6 is 0 Å². The van der Waals surface area contributed by atoms with Crippen molar-refractivity contribution < 1.29 is 37.8 Å². The second-order valence-electron chi connectivity index (χ2n) is 4.91. The first-order chi connectivity index (χ1) is 9.88. The van der Waals surface area contributed by atoms with E-state index in [4.69, 9.17) is 5.11 Å². The van der Waals surface area contributed by atoms with Gasteiger partial charge in [0.2, 0.25) is 0 Å². The number of aliphatic hydroxyl groups excluding tert-OH is 1. The van der Waals surface area contributed by atoms with Crippen molar-refractivity contribution in [3.05, 3.63) is 18.7 Å². The smallest absolute Gasteiger partial charge is 0.0946 e. The summed E-state index contributed by atoms with van der Waals surface area (Å²) in [6, 6.07) is 0. The number of aliphatic hydroxyl groups is 1. The minimum absolute atomic E-state index is 0. The van der Waals surface area contributed by atoms with E-state index in [0.717, 1.165) is 58.7 Å². The Labute approximate surface area is 154 Å². The summed E-state index contributed by atoms with van der Waals surface area (Å²) in [5.74, 6) is 0. The molecule has 1 aromatic rings. The van der Waals surface area contributed by atoms with Gasteiger partial charge in [-0.1, -0.05) is 13.8 Å². The molecule has 0 atom stereocenters. The molecular weight excluding hydrogens is 341 g/mol. The molecule has 0 aromatic carbocycles. The quantitative estimate of drug-likeness (QED) is 0.734. The van der Waals surface area contributed by atoms with E-state index in [0.29, 0.717) is 6.61 Å². The van der Waals surface area contributed by atoms with Crippen LogP contribution < -0.4 is 0 Å². The first-order valence-electron chi connectivity index (χ1n) is 7.90. The van der Waals surface area contributed by atoms with Gasteiger partial charge >= 0.3 is 0 Å². The zero-order valence-corrected chi connectivity index (χ0v) is 16.5. The second kappa shape index (κ2) is 13.8. The predicted octanol–water partition coefficient (Wildman–Crippen LogP) is 1.30. The minimum Gasteiger partial charge on any atom is -0.396 e. The third kappa shape index (κ3) is 9.04. The topological polar surface area (TPSA) is 44.5 Å². The Kier molecular flexibility index (Phi) is 14.0. The maximum absolute atomic E-state index is 8.76. The maximum atomic E-state index is 8.76. The van der Waals surface area contributed by atoms with Gasteiger partial charge in [-0.25, -0.2) is 4.98 Å². The van der Waals surface area contributed by atoms with Crippen LogP contribution in [0.5, 0.6) is 0 Å². The molecule has 0 unspecified atom stereocenters. The number of imidazole rings is 1. The molecule has 1 saturated heterocycles. The molecule has 1 aromatic heterocycles. The van der Waals surface area contributed by atoms with E-state index in [1.807, 2.05) is 32.6 Å². The first kappa shape index (κ1) is 21.2. The van der Waals surface area contributed by atoms with E-state index in [9.17, 15) is 0 Å². The molecule has 5 nitrogen and oxygen atoms in total. The van der Waals surface area contributed by atoms with E-state index in [-0.39, 0.29) is 32.7 Å². The Bertz CT molecular complexity index is 313. The number of rotatable bonds is 7. The fraction of sp³-hybridized carbons (Fsp3) is 0.800. The van der Waals surface area contributed by atoms with Crippen LogP contribution in [0.4, 0.5) is 0 Å². The standard InChI is InChI=1S/C13H24N4O.C2H6.Y/c18-12-2-1-4-15-6-8-16(9-7-15)10-11-17-5-3-14-13-17;1-2;/h3,5,13,18H,1-2,4,6-12H2;1-2H3;. The summed E-state index contributed by atoms with van der Waals surface area (Å²) in [5, 5.41) is 8.76. The summed E-state index contributed by atoms with van der Waals surface area (Å²) < 4.78 is 2.13. The van der Waals surface area contributed by atoms with Crippen molar-refractivity contribution in [1.29, 1.82) is 0 Å². The SMILES string of the molecule is CC.OCCCCN1CCN(CCn2ccnc2)CC1.[Y]. The van der Waals surface area contributed by atoms with Crippen LogP contribution in [0.3, 0.4) is 0 Å². The first-order valence-corrected chi connectivity index (χ1v) is 7.90. The van der Waals surface area contributed by atoms with Gasteiger partial charge in [0.25, 0.3) is 0 Å². The van der Waals surface area contributed by atoms with Gasteiger partial charge in [-0.15, -0.1) is 0 Å². The van der Waals surface area contributed by atoms with Gasteiger partial charge in [-0.2, -0.15) is 0 Å². The van der Waals surface area contributed by atoms with Crippen molar-refractivity contribution in [3.8, 4) is 0 Å². The second-order valence-corrected chi connectivity index (χ2v) is 4.91. The third-order valence-corrected chi connectivity index (χ3v) is 3.58. The van der Waals surface area contributed by atoms with E-state index in [2.05, 4.69) is 19.4 Å². The van der Waals surface area contributed by atoms with E-state index >= 15 is 0 Å². The normalized spacial score (nSPS) is 16.0. The molecule has 0 amide bonds. The molecule has 119 valence electrons. The molecular formula is C15H30N4OY. The molecule has 0 spiro atoms. The van der Waals surface area contributed by atoms with Crippen LogP contribution in [-0.2, 0) is 39.3 Å². The number of piperazine rings is 1. The van der Waals surface area contributed by atoms with Crippen molar-refractivity contribution in [1.82, 2.24) is 19.4 Å². The van der Waals surface area contributed by atoms with E-state index < -0.39 is 0 Å². The molecule has 21 heavy (non-hydrogen) atoms. The molecule has 1 radical (unpaired) electrons. The summed E-state index contributed by atoms with van der Waals surface area (Å²) >= 11 is 0. The molecule has 6 heteroatoms. The number of aromatic nitrogens is 2. The van der Waals surface area contributed by atoms with Crippen molar-refractivity contribution in [3.63, 3.8) is 0 Å². The Hall–Kier alpha value is 0.194. The van der Waals surface area contributed by atoms with Crippen LogP contribution in [0, 0.1) is 0 Å². The predicted molar refractivity (Wildman–Crippen MR) is 82.8 cm³/mol. The third-order valence-electron chi connectivity index (χ3n) is 3.58. The summed E-state index contributed by atoms with van der Waals surface area (Å²) in [5.41, 5.74) is 0. The van der Waals surface area contributed by atoms with Gasteiger partial charge in [0.05, 0.1) is 6.33 Å². The minimum atomic E-state index is 0. The molecule has 0 aliphatic carbocycles. The van der Waals surface area contributed by atoms with Gasteiger partial charge in [-0.05, 0) is 19.4 Å². The number of hydrogen-bond acceptors (Lipinski definition) is 4. The average molecular weight is 371 g/mol. The Morgan fingerprint density at radius 2 is 1.57 bits per heavy atom. The summed E-state index contributed by atoms with van der Waals surface area (Å²) in [7, 11) is 0. The van der Waals surface area contributed by atoms with Crippen molar-refractivity contribution in [2.24, 2.45) is 0 Å². The molecule has 2 rings (SSSR count). The molecule has 0 saturated carbocycles. The molecule has 1 fully saturated rings. The largest absolute Gasteiger partial charge is 0.396 e. The zero-order chi connectivity index (χ0) is 14.6. The van der Waals surface area contributed by atoms with Crippen LogP contribution in [0.2, 0.25) is 0 Å². The van der Waals surface area contributed by atoms with Gasteiger partial charge in [0, 0.05) is 91.0 Å². The van der Waals surface area contributed by atoms with E-state index in [1.54, 1.807) is 0 Å². The maximum Gasteiger partial charge on any atom is 0.0946 e. The summed E-state index contributed by atoms with van der Waals surface area (Å²) in [6.45, 7) is 12.2. The van der Waals surface area contributed by atoms with Crippen molar-refractivity contribution in [2.75, 3.05) is 45.9 Å². The monoisotopic (exact) mass is 371 g/mol. The van der Waals surface area contributed by atoms with Crippen LogP contribution in [-0.4, -0.2) is 70.3 Å². The van der Waals surface area contributed by atoms with Crippen LogP contribution in [0.1, 0.15) is 26.7 Å². The molecule has 1 aliphatic heterocycles. The number of nitrogens with zero attached hydrogens (tertiary/aromatic N) is 4. The molecule has 0 bridgehead atoms. The Morgan fingerprint density at radius 1 is 0.952 bits per heavy atom. The fourth-order valence-electron chi connectivity index (χ4n) is 2.36. The molecule has 1 aliphatic rings. The van der Waals surface area contributed by atoms with Crippen molar-refractivity contribution >= 4 is 0 Å². The summed E-state index contributed by atoms with van der Waals surface area (Å²) in [4.78, 5) is 9.08. The fourth-order valence-corrected chi connectivity index (χ4v) is 2.36. The van der Waals surface area contributed by atoms with Crippen LogP contribution in [0.25, 0.3) is 0 Å². The van der Waals surface area contributed by atoms with Gasteiger partial charge in [0.15, 0.2) is 0 Å². The van der Waals surface area contributed by atoms with Gasteiger partial charge in [0.1, 0.15) is 0 Å². The summed E-state index contributed by atoms with van der Waals surface area (Å²) in [6.07, 6.45) is 7.78. The van der Waals surface area contributed by atoms with Crippen molar-refractivity contribution in [2.45, 2.75) is 33.2 Å². The van der Waals surface area contributed by atoms with Gasteiger partial charge in [-0.3, -0.25) is 4.90 Å². The Morgan fingerprint density at radius 3 is 2.10 bits per heavy atom. The van der Waals surface area contributed by atoms with Gasteiger partial charge < -0.3 is 14.6 Å². The number of hydrogen-bond donors (Lipinski definition) is 1. The molecule has 2 heterocycles. The number of unbranched alkanes of at least 4 members (excludes halogenated alkanes) is 1. The Balaban J connectivity index is 0.00000128. The average Bonchev–Trinajstić information content (AvgIpc) is 3.02. The van der Waals surface area contributed by atoms with E-state index in [1.165, 1.54) is 0 Å². The molecule has 1 N–H and O–H groups in total. The van der Waals surface area contributed by atoms with Crippen LogP contribution in [0.15, 0.2) is 18.7 Å².